The lowest BCUT2D eigenvalue weighted by atomic mass is 10.2. The SMILES string of the molecule is CSc1ncc(-c2cc(Oc3ccc(-c4cnc(SC)n(C)c4=O)nc3C)ccn2)c(=O)n1C. The first-order valence-electron chi connectivity index (χ1n) is 10.2. The van der Waals surface area contributed by atoms with Gasteiger partial charge < -0.3 is 4.74 Å². The highest BCUT2D eigenvalue weighted by molar-refractivity contribution is 7.98. The molecule has 4 heterocycles. The van der Waals surface area contributed by atoms with Crippen LogP contribution in [0.25, 0.3) is 22.5 Å². The molecule has 4 aromatic heterocycles. The van der Waals surface area contributed by atoms with Crippen LogP contribution in [0, 0.1) is 6.92 Å². The van der Waals surface area contributed by atoms with Crippen molar-refractivity contribution >= 4 is 23.5 Å². The number of aromatic nitrogens is 6. The fraction of sp³-hybridized carbons (Fsp3) is 0.217. The van der Waals surface area contributed by atoms with Crippen LogP contribution < -0.4 is 15.9 Å². The van der Waals surface area contributed by atoms with Crippen molar-refractivity contribution in [1.82, 2.24) is 29.1 Å². The van der Waals surface area contributed by atoms with E-state index in [0.29, 0.717) is 50.0 Å². The van der Waals surface area contributed by atoms with Crippen LogP contribution >= 0.6 is 23.5 Å². The van der Waals surface area contributed by atoms with Gasteiger partial charge in [-0.05, 0) is 37.6 Å². The quantitative estimate of drug-likeness (QED) is 0.294. The Balaban J connectivity index is 1.64. The molecule has 34 heavy (non-hydrogen) atoms. The number of hydrogen-bond donors (Lipinski definition) is 0. The Hall–Kier alpha value is -3.44. The molecule has 0 unspecified atom stereocenters. The Labute approximate surface area is 204 Å². The van der Waals surface area contributed by atoms with E-state index in [0.717, 1.165) is 0 Å². The number of rotatable bonds is 6. The zero-order valence-corrected chi connectivity index (χ0v) is 20.9. The van der Waals surface area contributed by atoms with Crippen molar-refractivity contribution < 1.29 is 4.74 Å². The molecule has 0 radical (unpaired) electrons. The third kappa shape index (κ3) is 4.48. The number of nitrogens with zero attached hydrogens (tertiary/aromatic N) is 6. The molecule has 0 bridgehead atoms. The van der Waals surface area contributed by atoms with Gasteiger partial charge in [0.15, 0.2) is 10.3 Å². The summed E-state index contributed by atoms with van der Waals surface area (Å²) in [7, 11) is 3.37. The van der Waals surface area contributed by atoms with Gasteiger partial charge in [0.1, 0.15) is 11.5 Å². The maximum atomic E-state index is 12.7. The lowest BCUT2D eigenvalue weighted by molar-refractivity contribution is 0.475. The minimum atomic E-state index is -0.186. The van der Waals surface area contributed by atoms with Crippen molar-refractivity contribution in [3.05, 3.63) is 69.3 Å². The summed E-state index contributed by atoms with van der Waals surface area (Å²) >= 11 is 2.80. The van der Waals surface area contributed by atoms with Crippen molar-refractivity contribution in [3.63, 3.8) is 0 Å². The lowest BCUT2D eigenvalue weighted by Crippen LogP contribution is -2.21. The molecule has 0 spiro atoms. The van der Waals surface area contributed by atoms with E-state index in [2.05, 4.69) is 19.9 Å². The summed E-state index contributed by atoms with van der Waals surface area (Å²) in [6, 6.07) is 6.87. The second-order valence-electron chi connectivity index (χ2n) is 7.30. The third-order valence-corrected chi connectivity index (χ3v) is 6.65. The molecule has 4 aromatic rings. The number of ether oxygens (including phenoxy) is 1. The second kappa shape index (κ2) is 9.82. The predicted octanol–water partition coefficient (Wildman–Crippen LogP) is 3.54. The van der Waals surface area contributed by atoms with Gasteiger partial charge in [0, 0.05) is 38.8 Å². The smallest absolute Gasteiger partial charge is 0.263 e. The van der Waals surface area contributed by atoms with Crippen LogP contribution in [0.5, 0.6) is 11.5 Å². The van der Waals surface area contributed by atoms with E-state index in [1.165, 1.54) is 38.9 Å². The normalized spacial score (nSPS) is 11.0. The van der Waals surface area contributed by atoms with Crippen LogP contribution in [0.3, 0.4) is 0 Å². The van der Waals surface area contributed by atoms with Crippen molar-refractivity contribution in [2.24, 2.45) is 14.1 Å². The summed E-state index contributed by atoms with van der Waals surface area (Å²) < 4.78 is 9.03. The first kappa shape index (κ1) is 23.7. The Bertz CT molecular complexity index is 1500. The molecular formula is C23H22N6O3S2. The van der Waals surface area contributed by atoms with Gasteiger partial charge in [-0.2, -0.15) is 0 Å². The third-order valence-electron chi connectivity index (χ3n) is 5.17. The van der Waals surface area contributed by atoms with E-state index >= 15 is 0 Å². The summed E-state index contributed by atoms with van der Waals surface area (Å²) in [5.74, 6) is 1.02. The Morgan fingerprint density at radius 2 is 1.41 bits per heavy atom. The highest BCUT2D eigenvalue weighted by Gasteiger charge is 2.14. The summed E-state index contributed by atoms with van der Waals surface area (Å²) in [4.78, 5) is 42.9. The van der Waals surface area contributed by atoms with Crippen LogP contribution in [-0.2, 0) is 14.1 Å². The first-order chi connectivity index (χ1) is 16.3. The monoisotopic (exact) mass is 494 g/mol. The molecule has 0 saturated carbocycles. The molecule has 0 aliphatic heterocycles. The average Bonchev–Trinajstić information content (AvgIpc) is 2.84. The van der Waals surface area contributed by atoms with Gasteiger partial charge in [0.05, 0.1) is 28.2 Å². The molecule has 11 heteroatoms. The minimum Gasteiger partial charge on any atom is -0.455 e. The molecule has 0 aromatic carbocycles. The van der Waals surface area contributed by atoms with Gasteiger partial charge in [0.2, 0.25) is 0 Å². The molecule has 0 amide bonds. The standard InChI is InChI=1S/C23H22N6O3S2/c1-13-19(7-6-17(27-13)15-11-25-22(33-4)28(2)20(15)30)32-14-8-9-24-18(10-14)16-12-26-23(34-5)29(3)21(16)31/h6-12H,1-5H3. The molecule has 0 saturated heterocycles. The number of pyridine rings is 2. The molecule has 0 atom stereocenters. The van der Waals surface area contributed by atoms with Gasteiger partial charge in [-0.15, -0.1) is 0 Å². The van der Waals surface area contributed by atoms with E-state index in [1.54, 1.807) is 57.7 Å². The zero-order chi connectivity index (χ0) is 24.4. The first-order valence-corrected chi connectivity index (χ1v) is 12.6. The fourth-order valence-corrected chi connectivity index (χ4v) is 4.37. The van der Waals surface area contributed by atoms with Crippen LogP contribution in [0.15, 0.2) is 62.8 Å². The zero-order valence-electron chi connectivity index (χ0n) is 19.3. The van der Waals surface area contributed by atoms with Crippen molar-refractivity contribution in [3.8, 4) is 34.0 Å². The predicted molar refractivity (Wildman–Crippen MR) is 134 cm³/mol. The molecule has 4 rings (SSSR count). The summed E-state index contributed by atoms with van der Waals surface area (Å²) in [6.07, 6.45) is 8.38. The maximum Gasteiger partial charge on any atom is 0.263 e. The van der Waals surface area contributed by atoms with Gasteiger partial charge in [0.25, 0.3) is 11.1 Å². The van der Waals surface area contributed by atoms with Crippen LogP contribution in [0.2, 0.25) is 0 Å². The van der Waals surface area contributed by atoms with Crippen molar-refractivity contribution in [2.45, 2.75) is 17.2 Å². The number of hydrogen-bond acceptors (Lipinski definition) is 9. The van der Waals surface area contributed by atoms with E-state index in [4.69, 9.17) is 4.74 Å². The Morgan fingerprint density at radius 3 is 1.97 bits per heavy atom. The van der Waals surface area contributed by atoms with Crippen LogP contribution in [0.4, 0.5) is 0 Å². The fourth-order valence-electron chi connectivity index (χ4n) is 3.34. The molecule has 174 valence electrons. The summed E-state index contributed by atoms with van der Waals surface area (Å²) in [6.45, 7) is 1.80. The minimum absolute atomic E-state index is 0.165. The summed E-state index contributed by atoms with van der Waals surface area (Å²) in [5.41, 5.74) is 2.03. The van der Waals surface area contributed by atoms with Gasteiger partial charge >= 0.3 is 0 Å². The molecular weight excluding hydrogens is 472 g/mol. The highest BCUT2D eigenvalue weighted by Crippen LogP contribution is 2.28. The Morgan fingerprint density at radius 1 is 0.824 bits per heavy atom. The van der Waals surface area contributed by atoms with E-state index in [9.17, 15) is 9.59 Å². The number of thioether (sulfide) groups is 2. The van der Waals surface area contributed by atoms with Gasteiger partial charge in [-0.1, -0.05) is 23.5 Å². The molecule has 0 aliphatic rings. The van der Waals surface area contributed by atoms with Crippen LogP contribution in [0.1, 0.15) is 5.69 Å². The number of aryl methyl sites for hydroxylation is 1. The average molecular weight is 495 g/mol. The molecule has 0 aliphatic carbocycles. The van der Waals surface area contributed by atoms with Crippen molar-refractivity contribution in [1.29, 1.82) is 0 Å². The molecule has 0 N–H and O–H groups in total. The topological polar surface area (TPSA) is 105 Å². The van der Waals surface area contributed by atoms with E-state index in [-0.39, 0.29) is 11.1 Å². The van der Waals surface area contributed by atoms with Crippen molar-refractivity contribution in [2.75, 3.05) is 12.5 Å². The Kier molecular flexibility index (Phi) is 6.85. The van der Waals surface area contributed by atoms with Gasteiger partial charge in [-0.25, -0.2) is 15.0 Å². The summed E-state index contributed by atoms with van der Waals surface area (Å²) in [5, 5.41) is 1.25. The highest BCUT2D eigenvalue weighted by atomic mass is 32.2. The largest absolute Gasteiger partial charge is 0.455 e. The lowest BCUT2D eigenvalue weighted by Gasteiger charge is -2.12. The van der Waals surface area contributed by atoms with E-state index < -0.39 is 0 Å². The van der Waals surface area contributed by atoms with Gasteiger partial charge in [-0.3, -0.25) is 23.7 Å². The molecule has 0 fully saturated rings. The molecule has 9 nitrogen and oxygen atoms in total. The second-order valence-corrected chi connectivity index (χ2v) is 8.85. The van der Waals surface area contributed by atoms with E-state index in [1.807, 2.05) is 12.5 Å². The van der Waals surface area contributed by atoms with Crippen LogP contribution in [-0.4, -0.2) is 41.6 Å². The maximum absolute atomic E-state index is 12.7.